The first-order valence-corrected chi connectivity index (χ1v) is 29.4. The van der Waals surface area contributed by atoms with Gasteiger partial charge in [0.15, 0.2) is 6.10 Å². The van der Waals surface area contributed by atoms with Crippen LogP contribution in [0.15, 0.2) is 146 Å². The molecule has 0 amide bonds. The molecule has 0 aliphatic carbocycles. The van der Waals surface area contributed by atoms with Crippen molar-refractivity contribution in [1.29, 1.82) is 0 Å². The van der Waals surface area contributed by atoms with Gasteiger partial charge in [0.2, 0.25) is 0 Å². The first kappa shape index (κ1) is 67.8. The van der Waals surface area contributed by atoms with Crippen LogP contribution >= 0.6 is 0 Å². The van der Waals surface area contributed by atoms with Crippen molar-refractivity contribution in [2.45, 2.75) is 245 Å². The summed E-state index contributed by atoms with van der Waals surface area (Å²) in [5, 5.41) is 0. The van der Waals surface area contributed by atoms with E-state index in [4.69, 9.17) is 14.2 Å². The Bertz CT molecular complexity index is 1540. The number of carbonyl (C=O) groups excluding carboxylic acids is 2. The van der Waals surface area contributed by atoms with Crippen LogP contribution in [0.25, 0.3) is 0 Å². The number of carbonyl (C=O) groups is 2. The molecule has 0 aromatic carbocycles. The Morgan fingerprint density at radius 1 is 0.319 bits per heavy atom. The molecular formula is C67H108O5. The van der Waals surface area contributed by atoms with E-state index < -0.39 is 6.10 Å². The van der Waals surface area contributed by atoms with E-state index in [1.165, 1.54) is 70.6 Å². The maximum absolute atomic E-state index is 12.9. The van der Waals surface area contributed by atoms with Crippen molar-refractivity contribution in [2.75, 3.05) is 19.8 Å². The normalized spacial score (nSPS) is 13.3. The summed E-state index contributed by atoms with van der Waals surface area (Å²) in [6, 6.07) is 0. The molecule has 1 atom stereocenters. The fourth-order valence-corrected chi connectivity index (χ4v) is 7.53. The smallest absolute Gasteiger partial charge is 0.306 e. The summed E-state index contributed by atoms with van der Waals surface area (Å²) >= 11 is 0. The second-order valence-electron chi connectivity index (χ2n) is 18.8. The zero-order valence-electron chi connectivity index (χ0n) is 46.6. The van der Waals surface area contributed by atoms with Gasteiger partial charge >= 0.3 is 11.9 Å². The van der Waals surface area contributed by atoms with Crippen molar-refractivity contribution >= 4 is 11.9 Å². The van der Waals surface area contributed by atoms with E-state index in [9.17, 15) is 9.59 Å². The zero-order valence-corrected chi connectivity index (χ0v) is 46.6. The van der Waals surface area contributed by atoms with Crippen LogP contribution < -0.4 is 0 Å². The molecule has 1 unspecified atom stereocenters. The standard InChI is InChI=1S/C67H108O5/c1-4-7-10-13-16-19-22-25-28-31-34-36-39-42-45-48-51-54-57-60-66(68)71-64-65(63-70-62-59-56-53-50-47-44-41-38-33-30-27-24-21-18-15-12-9-6-3)72-67(69)61-58-55-52-49-46-43-40-37-35-32-29-26-23-20-17-14-11-8-5-2/h7,9-10,12,16-21,25-30,34,36,38,41-42,45,47,50,65H,4-6,8,11,13-15,22-24,31-33,35,37,39-40,43-44,46,48-49,51-64H2,1-3H3/b10-7-,12-9-,19-16-,20-17-,21-18-,28-25-,29-26-,30-27-,36-34-,41-38-,45-42-,50-47-. The number of allylic oxidation sites excluding steroid dienone is 24. The molecule has 0 heterocycles. The molecule has 0 fully saturated rings. The average molecular weight is 994 g/mol. The molecule has 5 nitrogen and oxygen atoms in total. The van der Waals surface area contributed by atoms with E-state index in [0.29, 0.717) is 19.4 Å². The van der Waals surface area contributed by atoms with Gasteiger partial charge in [0.25, 0.3) is 0 Å². The summed E-state index contributed by atoms with van der Waals surface area (Å²) in [5.74, 6) is -0.471. The monoisotopic (exact) mass is 993 g/mol. The predicted molar refractivity (Wildman–Crippen MR) is 315 cm³/mol. The zero-order chi connectivity index (χ0) is 52.0. The van der Waals surface area contributed by atoms with Crippen LogP contribution in [0, 0.1) is 0 Å². The molecule has 0 rings (SSSR count). The van der Waals surface area contributed by atoms with Crippen molar-refractivity contribution in [3.63, 3.8) is 0 Å². The van der Waals surface area contributed by atoms with Gasteiger partial charge in [0, 0.05) is 19.4 Å². The minimum absolute atomic E-state index is 0.0392. The lowest BCUT2D eigenvalue weighted by Gasteiger charge is -2.18. The minimum atomic E-state index is -0.588. The predicted octanol–water partition coefficient (Wildman–Crippen LogP) is 20.5. The van der Waals surface area contributed by atoms with E-state index in [-0.39, 0.29) is 25.2 Å². The van der Waals surface area contributed by atoms with Crippen LogP contribution in [-0.4, -0.2) is 37.9 Å². The molecule has 0 aliphatic heterocycles. The molecule has 0 aromatic rings. The highest BCUT2D eigenvalue weighted by Gasteiger charge is 2.17. The molecule has 0 radical (unpaired) electrons. The topological polar surface area (TPSA) is 61.8 Å². The second-order valence-corrected chi connectivity index (χ2v) is 18.8. The van der Waals surface area contributed by atoms with Gasteiger partial charge in [-0.25, -0.2) is 0 Å². The summed E-state index contributed by atoms with van der Waals surface area (Å²) in [7, 11) is 0. The van der Waals surface area contributed by atoms with E-state index >= 15 is 0 Å². The largest absolute Gasteiger partial charge is 0.462 e. The summed E-state index contributed by atoms with van der Waals surface area (Å²) in [4.78, 5) is 25.6. The summed E-state index contributed by atoms with van der Waals surface area (Å²) in [6.07, 6.45) is 88.7. The molecule has 0 N–H and O–H groups in total. The van der Waals surface area contributed by atoms with Crippen LogP contribution in [-0.2, 0) is 23.8 Å². The van der Waals surface area contributed by atoms with Gasteiger partial charge in [-0.3, -0.25) is 9.59 Å². The third kappa shape index (κ3) is 58.4. The van der Waals surface area contributed by atoms with Crippen molar-refractivity contribution in [3.05, 3.63) is 146 Å². The molecular weight excluding hydrogens is 885 g/mol. The highest BCUT2D eigenvalue weighted by Crippen LogP contribution is 2.14. The van der Waals surface area contributed by atoms with Gasteiger partial charge < -0.3 is 14.2 Å². The van der Waals surface area contributed by atoms with Gasteiger partial charge in [-0.1, -0.05) is 231 Å². The number of rotatable bonds is 52. The molecule has 0 saturated carbocycles. The minimum Gasteiger partial charge on any atom is -0.462 e. The molecule has 406 valence electrons. The molecule has 0 spiro atoms. The first-order valence-electron chi connectivity index (χ1n) is 29.4. The van der Waals surface area contributed by atoms with Gasteiger partial charge in [-0.2, -0.15) is 0 Å². The van der Waals surface area contributed by atoms with Crippen LogP contribution in [0.2, 0.25) is 0 Å². The number of ether oxygens (including phenoxy) is 3. The Hall–Kier alpha value is -4.22. The van der Waals surface area contributed by atoms with Gasteiger partial charge in [-0.05, 0) is 141 Å². The molecule has 0 aromatic heterocycles. The van der Waals surface area contributed by atoms with E-state index in [2.05, 4.69) is 167 Å². The number of hydrogen-bond donors (Lipinski definition) is 0. The SMILES string of the molecule is CC/C=C\C/C=C\C/C=C\C/C=C\C/C=C\CCCCCC(=O)OCC(COCCCC/C=C\C/C=C\C/C=C\C/C=C\C/C=C\CC)OC(=O)CCCCCCCCCCC/C=C\C/C=C\CCCCC. The van der Waals surface area contributed by atoms with E-state index in [1.807, 2.05) is 0 Å². The number of unbranched alkanes of at least 4 members (excludes halogenated alkanes) is 17. The lowest BCUT2D eigenvalue weighted by atomic mass is 10.1. The Labute approximate surface area is 444 Å². The lowest BCUT2D eigenvalue weighted by molar-refractivity contribution is -0.163. The summed E-state index contributed by atoms with van der Waals surface area (Å²) < 4.78 is 17.4. The lowest BCUT2D eigenvalue weighted by Crippen LogP contribution is -2.30. The molecule has 0 aliphatic rings. The maximum Gasteiger partial charge on any atom is 0.306 e. The van der Waals surface area contributed by atoms with Crippen LogP contribution in [0.1, 0.15) is 239 Å². The molecule has 0 saturated heterocycles. The summed E-state index contributed by atoms with van der Waals surface area (Å²) in [5.41, 5.74) is 0. The molecule has 5 heteroatoms. The fourth-order valence-electron chi connectivity index (χ4n) is 7.53. The quantitative estimate of drug-likeness (QED) is 0.0345. The summed E-state index contributed by atoms with van der Waals surface area (Å²) in [6.45, 7) is 7.43. The molecule has 0 bridgehead atoms. The average Bonchev–Trinajstić information content (AvgIpc) is 3.38. The highest BCUT2D eigenvalue weighted by atomic mass is 16.6. The second kappa shape index (κ2) is 61.1. The van der Waals surface area contributed by atoms with E-state index in [0.717, 1.165) is 135 Å². The Morgan fingerprint density at radius 2 is 0.625 bits per heavy atom. The number of esters is 2. The van der Waals surface area contributed by atoms with Crippen molar-refractivity contribution in [2.24, 2.45) is 0 Å². The third-order valence-corrected chi connectivity index (χ3v) is 11.8. The Morgan fingerprint density at radius 3 is 1.01 bits per heavy atom. The first-order chi connectivity index (χ1) is 35.6. The third-order valence-electron chi connectivity index (χ3n) is 11.8. The highest BCUT2D eigenvalue weighted by molar-refractivity contribution is 5.70. The van der Waals surface area contributed by atoms with Crippen molar-refractivity contribution in [1.82, 2.24) is 0 Å². The van der Waals surface area contributed by atoms with Crippen LogP contribution in [0.5, 0.6) is 0 Å². The van der Waals surface area contributed by atoms with Crippen LogP contribution in [0.3, 0.4) is 0 Å². The van der Waals surface area contributed by atoms with Gasteiger partial charge in [0.05, 0.1) is 6.61 Å². The molecule has 72 heavy (non-hydrogen) atoms. The fraction of sp³-hybridized carbons (Fsp3) is 0.612. The van der Waals surface area contributed by atoms with Crippen molar-refractivity contribution in [3.8, 4) is 0 Å². The number of hydrogen-bond acceptors (Lipinski definition) is 5. The van der Waals surface area contributed by atoms with Crippen LogP contribution in [0.4, 0.5) is 0 Å². The Kier molecular flexibility index (Phi) is 57.5. The Balaban J connectivity index is 4.46. The van der Waals surface area contributed by atoms with Crippen molar-refractivity contribution < 1.29 is 23.8 Å². The van der Waals surface area contributed by atoms with Gasteiger partial charge in [0.1, 0.15) is 6.61 Å². The van der Waals surface area contributed by atoms with E-state index in [1.54, 1.807) is 0 Å². The maximum atomic E-state index is 12.9. The van der Waals surface area contributed by atoms with Gasteiger partial charge in [-0.15, -0.1) is 0 Å².